The molecule has 2 aromatic carbocycles. The Balaban J connectivity index is 1.83. The van der Waals surface area contributed by atoms with E-state index in [4.69, 9.17) is 24.1 Å². The van der Waals surface area contributed by atoms with Gasteiger partial charge < -0.3 is 13.6 Å². The van der Waals surface area contributed by atoms with Gasteiger partial charge in [-0.25, -0.2) is 0 Å². The first-order chi connectivity index (χ1) is 14.8. The maximum atomic E-state index is 8.81. The summed E-state index contributed by atoms with van der Waals surface area (Å²) in [6, 6.07) is 17.6. The van der Waals surface area contributed by atoms with Crippen molar-refractivity contribution in [3.8, 4) is 24.0 Å². The van der Waals surface area contributed by atoms with Crippen LogP contribution in [0.1, 0.15) is 24.0 Å². The van der Waals surface area contributed by atoms with Crippen LogP contribution in [0.5, 0.6) is 11.5 Å². The summed E-state index contributed by atoms with van der Waals surface area (Å²) in [5, 5.41) is 17.6. The van der Waals surface area contributed by atoms with Crippen LogP contribution in [0.4, 0.5) is 0 Å². The molecule has 0 aliphatic rings. The van der Waals surface area contributed by atoms with Gasteiger partial charge in [0.2, 0.25) is 0 Å². The standard InChI is InChI=1S/C24H32N2O3Si2/c1-30(2,17-9-13-21-11-5-7-15-23(21)27-19-25)29-31(3,4)18-10-14-22-12-6-8-16-24(22)28-20-26/h5-8,11-12,15-16H,9-10,13-14,17-18H2,1-4H3. The predicted molar refractivity (Wildman–Crippen MR) is 128 cm³/mol. The highest BCUT2D eigenvalue weighted by Crippen LogP contribution is 2.28. The molecule has 7 heteroatoms. The summed E-state index contributed by atoms with van der Waals surface area (Å²) in [5.74, 6) is 1.31. The third-order valence-electron chi connectivity index (χ3n) is 5.26. The fourth-order valence-corrected chi connectivity index (χ4v) is 12.8. The van der Waals surface area contributed by atoms with E-state index in [1.165, 1.54) is 0 Å². The number of ether oxygens (including phenoxy) is 2. The zero-order valence-electron chi connectivity index (χ0n) is 19.0. The summed E-state index contributed by atoms with van der Waals surface area (Å²) < 4.78 is 16.9. The van der Waals surface area contributed by atoms with Crippen LogP contribution in [0.3, 0.4) is 0 Å². The monoisotopic (exact) mass is 452 g/mol. The molecular weight excluding hydrogens is 420 g/mol. The molecule has 0 saturated heterocycles. The number of rotatable bonds is 12. The van der Waals surface area contributed by atoms with E-state index in [2.05, 4.69) is 26.2 Å². The summed E-state index contributed by atoms with van der Waals surface area (Å²) in [6.07, 6.45) is 7.35. The van der Waals surface area contributed by atoms with Gasteiger partial charge in [0, 0.05) is 0 Å². The van der Waals surface area contributed by atoms with Gasteiger partial charge in [-0.2, -0.15) is 0 Å². The topological polar surface area (TPSA) is 75.3 Å². The molecule has 0 N–H and O–H groups in total. The molecule has 0 heterocycles. The van der Waals surface area contributed by atoms with Crippen molar-refractivity contribution in [1.29, 1.82) is 10.5 Å². The zero-order chi connectivity index (χ0) is 22.7. The zero-order valence-corrected chi connectivity index (χ0v) is 21.0. The molecule has 0 bridgehead atoms. The predicted octanol–water partition coefficient (Wildman–Crippen LogP) is 6.40. The molecule has 31 heavy (non-hydrogen) atoms. The minimum Gasteiger partial charge on any atom is -0.455 e. The van der Waals surface area contributed by atoms with Crippen LogP contribution < -0.4 is 9.47 Å². The highest BCUT2D eigenvalue weighted by molar-refractivity contribution is 6.84. The van der Waals surface area contributed by atoms with Gasteiger partial charge in [0.1, 0.15) is 11.5 Å². The molecule has 0 fully saturated rings. The van der Waals surface area contributed by atoms with E-state index in [1.54, 1.807) is 12.5 Å². The highest BCUT2D eigenvalue weighted by Gasteiger charge is 2.32. The second kappa shape index (κ2) is 11.7. The molecule has 0 unspecified atom stereocenters. The SMILES string of the molecule is C[Si](C)(CCCc1ccccc1OC#N)O[Si](C)(C)CCCc1ccccc1OC#N. The normalized spacial score (nSPS) is 11.4. The molecule has 0 saturated carbocycles. The second-order valence-corrected chi connectivity index (χ2v) is 17.8. The van der Waals surface area contributed by atoms with Crippen LogP contribution in [-0.2, 0) is 17.0 Å². The lowest BCUT2D eigenvalue weighted by molar-refractivity contribution is 0.496. The summed E-state index contributed by atoms with van der Waals surface area (Å²) in [7, 11) is -3.59. The van der Waals surface area contributed by atoms with Crippen LogP contribution in [-0.4, -0.2) is 16.6 Å². The Labute approximate surface area is 188 Å². The third-order valence-corrected chi connectivity index (χ3v) is 12.8. The summed E-state index contributed by atoms with van der Waals surface area (Å²) in [4.78, 5) is 0. The average molecular weight is 453 g/mol. The van der Waals surface area contributed by atoms with Crippen LogP contribution in [0.15, 0.2) is 48.5 Å². The summed E-state index contributed by atoms with van der Waals surface area (Å²) >= 11 is 0. The quantitative estimate of drug-likeness (QED) is 0.275. The molecular formula is C24H32N2O3Si2. The van der Waals surface area contributed by atoms with Gasteiger partial charge in [0.05, 0.1) is 0 Å². The Hall–Kier alpha value is -2.59. The van der Waals surface area contributed by atoms with E-state index in [0.29, 0.717) is 11.5 Å². The molecule has 0 aliphatic heterocycles. The second-order valence-electron chi connectivity index (χ2n) is 8.93. The van der Waals surface area contributed by atoms with Gasteiger partial charge in [0.15, 0.2) is 16.6 Å². The van der Waals surface area contributed by atoms with Crippen molar-refractivity contribution in [3.63, 3.8) is 0 Å². The lowest BCUT2D eigenvalue weighted by Gasteiger charge is -2.34. The molecule has 0 spiro atoms. The Morgan fingerprint density at radius 2 is 1.06 bits per heavy atom. The number of aryl methyl sites for hydroxylation is 2. The van der Waals surface area contributed by atoms with Crippen molar-refractivity contribution in [2.24, 2.45) is 0 Å². The van der Waals surface area contributed by atoms with E-state index in [1.807, 2.05) is 48.5 Å². The highest BCUT2D eigenvalue weighted by atomic mass is 28.4. The Morgan fingerprint density at radius 1 is 0.677 bits per heavy atom. The van der Waals surface area contributed by atoms with Crippen molar-refractivity contribution in [3.05, 3.63) is 59.7 Å². The maximum absolute atomic E-state index is 8.81. The van der Waals surface area contributed by atoms with Crippen LogP contribution in [0.2, 0.25) is 38.3 Å². The molecule has 0 aliphatic carbocycles. The van der Waals surface area contributed by atoms with Gasteiger partial charge in [0.25, 0.3) is 12.5 Å². The molecule has 5 nitrogen and oxygen atoms in total. The molecule has 2 aromatic rings. The van der Waals surface area contributed by atoms with Crippen molar-refractivity contribution in [2.75, 3.05) is 0 Å². The van der Waals surface area contributed by atoms with Crippen molar-refractivity contribution < 1.29 is 13.6 Å². The molecule has 0 atom stereocenters. The van der Waals surface area contributed by atoms with E-state index >= 15 is 0 Å². The number of nitrogens with zero attached hydrogens (tertiary/aromatic N) is 2. The minimum atomic E-state index is -1.79. The lowest BCUT2D eigenvalue weighted by Crippen LogP contribution is -2.44. The Morgan fingerprint density at radius 3 is 1.45 bits per heavy atom. The first-order valence-corrected chi connectivity index (χ1v) is 17.0. The Kier molecular flexibility index (Phi) is 9.32. The van der Waals surface area contributed by atoms with E-state index < -0.39 is 16.6 Å². The van der Waals surface area contributed by atoms with Crippen molar-refractivity contribution in [1.82, 2.24) is 0 Å². The van der Waals surface area contributed by atoms with Crippen LogP contribution >= 0.6 is 0 Å². The molecule has 0 radical (unpaired) electrons. The number of hydrogen-bond donors (Lipinski definition) is 0. The van der Waals surface area contributed by atoms with Crippen molar-refractivity contribution >= 4 is 16.6 Å². The largest absolute Gasteiger partial charge is 0.455 e. The summed E-state index contributed by atoms with van der Waals surface area (Å²) in [6.45, 7) is 9.20. The maximum Gasteiger partial charge on any atom is 0.292 e. The number of benzene rings is 2. The third kappa shape index (κ3) is 8.58. The van der Waals surface area contributed by atoms with E-state index in [9.17, 15) is 0 Å². The first-order valence-electron chi connectivity index (χ1n) is 10.7. The van der Waals surface area contributed by atoms with Gasteiger partial charge in [-0.05, 0) is 87.2 Å². The molecule has 164 valence electrons. The number of hydrogen-bond acceptors (Lipinski definition) is 5. The number of para-hydroxylation sites is 2. The van der Waals surface area contributed by atoms with Gasteiger partial charge in [-0.15, -0.1) is 10.5 Å². The lowest BCUT2D eigenvalue weighted by atomic mass is 10.1. The molecule has 0 amide bonds. The smallest absolute Gasteiger partial charge is 0.292 e. The van der Waals surface area contributed by atoms with Gasteiger partial charge in [-0.3, -0.25) is 0 Å². The first kappa shape index (κ1) is 24.7. The van der Waals surface area contributed by atoms with Crippen molar-refractivity contribution in [2.45, 2.75) is 64.0 Å². The Bertz CT molecular complexity index is 857. The molecule has 0 aromatic heterocycles. The summed E-state index contributed by atoms with van der Waals surface area (Å²) in [5.41, 5.74) is 2.15. The van der Waals surface area contributed by atoms with E-state index in [0.717, 1.165) is 48.9 Å². The van der Waals surface area contributed by atoms with Gasteiger partial charge in [-0.1, -0.05) is 36.4 Å². The molecule has 2 rings (SSSR count). The number of nitriles is 2. The van der Waals surface area contributed by atoms with E-state index in [-0.39, 0.29) is 0 Å². The fourth-order valence-electron chi connectivity index (χ4n) is 3.98. The van der Waals surface area contributed by atoms with Crippen LogP contribution in [0, 0.1) is 23.0 Å². The minimum absolute atomic E-state index is 0.653. The fraction of sp³-hybridized carbons (Fsp3) is 0.417. The van der Waals surface area contributed by atoms with Gasteiger partial charge >= 0.3 is 0 Å². The average Bonchev–Trinajstić information content (AvgIpc) is 2.70. The van der Waals surface area contributed by atoms with Crippen LogP contribution in [0.25, 0.3) is 0 Å².